The van der Waals surface area contributed by atoms with Crippen molar-refractivity contribution in [3.05, 3.63) is 29.8 Å². The largest absolute Gasteiger partial charge is 0.490 e. The molecule has 0 saturated carbocycles. The van der Waals surface area contributed by atoms with Gasteiger partial charge >= 0.3 is 0 Å². The number of benzene rings is 1. The molecule has 1 unspecified atom stereocenters. The Morgan fingerprint density at radius 1 is 1.15 bits per heavy atom. The quantitative estimate of drug-likeness (QED) is 0.168. The van der Waals surface area contributed by atoms with Crippen LogP contribution in [0.1, 0.15) is 44.5 Å². The Balaban J connectivity index is 2.35. The summed E-state index contributed by atoms with van der Waals surface area (Å²) in [6.45, 7) is 9.48. The average molecular weight is 490 g/mol. The van der Waals surface area contributed by atoms with E-state index in [1.165, 1.54) is 0 Å². The molecule has 8 nitrogen and oxygen atoms in total. The lowest BCUT2D eigenvalue weighted by Gasteiger charge is -2.16. The van der Waals surface area contributed by atoms with Gasteiger partial charge in [-0.15, -0.1) is 0 Å². The zero-order valence-electron chi connectivity index (χ0n) is 20.4. The predicted molar refractivity (Wildman–Crippen MR) is 133 cm³/mol. The van der Waals surface area contributed by atoms with Crippen LogP contribution in [0.4, 0.5) is 0 Å². The van der Waals surface area contributed by atoms with E-state index in [1.807, 2.05) is 19.2 Å². The maximum Gasteiger partial charge on any atom is 0.251 e. The molecular formula is C25H35N3O5S. The molecule has 34 heavy (non-hydrogen) atoms. The van der Waals surface area contributed by atoms with Crippen molar-refractivity contribution in [3.8, 4) is 23.0 Å². The molecule has 2 amide bonds. The van der Waals surface area contributed by atoms with Crippen molar-refractivity contribution >= 4 is 23.6 Å². The lowest BCUT2D eigenvalue weighted by atomic mass is 10.1. The van der Waals surface area contributed by atoms with Crippen LogP contribution < -0.4 is 15.4 Å². The summed E-state index contributed by atoms with van der Waals surface area (Å²) in [5, 5.41) is 16.5. The minimum absolute atomic E-state index is 0.0920. The molecule has 1 rings (SSSR count). The molecule has 0 fully saturated rings. The van der Waals surface area contributed by atoms with E-state index in [-0.39, 0.29) is 50.7 Å². The third-order valence-corrected chi connectivity index (χ3v) is 4.84. The number of amides is 2. The first-order valence-corrected chi connectivity index (χ1v) is 12.2. The molecule has 0 saturated heterocycles. The Hall–Kier alpha value is -2.72. The molecular weight excluding hydrogens is 454 g/mol. The first-order chi connectivity index (χ1) is 16.3. The average Bonchev–Trinajstić information content (AvgIpc) is 2.79. The topological polar surface area (TPSA) is 110 Å². The summed E-state index contributed by atoms with van der Waals surface area (Å²) in [5.41, 5.74) is -0.0363. The molecule has 1 atom stereocenters. The number of nitrogens with one attached hydrogen (secondary N) is 2. The zero-order chi connectivity index (χ0) is 25.2. The Bertz CT molecular complexity index is 858. The molecule has 1 aromatic rings. The molecule has 186 valence electrons. The van der Waals surface area contributed by atoms with Crippen LogP contribution in [0.15, 0.2) is 24.3 Å². The monoisotopic (exact) mass is 489 g/mol. The summed E-state index contributed by atoms with van der Waals surface area (Å²) in [4.78, 5) is 24.0. The molecule has 0 radical (unpaired) electrons. The molecule has 0 heterocycles. The van der Waals surface area contributed by atoms with Gasteiger partial charge in [0.2, 0.25) is 5.91 Å². The minimum Gasteiger partial charge on any atom is -0.490 e. The van der Waals surface area contributed by atoms with Gasteiger partial charge in [0, 0.05) is 18.0 Å². The van der Waals surface area contributed by atoms with Crippen LogP contribution in [0.3, 0.4) is 0 Å². The van der Waals surface area contributed by atoms with Crippen molar-refractivity contribution in [2.75, 3.05) is 39.5 Å². The smallest absolute Gasteiger partial charge is 0.251 e. The van der Waals surface area contributed by atoms with Gasteiger partial charge in [-0.1, -0.05) is 45.6 Å². The van der Waals surface area contributed by atoms with Crippen LogP contribution in [0.25, 0.3) is 0 Å². The SMILES string of the molecule is CC(C)C#CCNC(=O)COCCOC(COc1cccc(C(=O)NCCC(C)C)c1)SC#N. The number of thiocyanates is 1. The number of hydrogen-bond acceptors (Lipinski definition) is 7. The normalized spacial score (nSPS) is 11.3. The number of hydrogen-bond donors (Lipinski definition) is 2. The Labute approximate surface area is 207 Å². The Morgan fingerprint density at radius 2 is 1.94 bits per heavy atom. The molecule has 0 aliphatic carbocycles. The number of carbonyl (C=O) groups is 2. The van der Waals surface area contributed by atoms with Gasteiger partial charge in [-0.25, -0.2) is 0 Å². The molecule has 0 aliphatic heterocycles. The van der Waals surface area contributed by atoms with Crippen molar-refractivity contribution in [1.29, 1.82) is 5.26 Å². The summed E-state index contributed by atoms with van der Waals surface area (Å²) in [6, 6.07) is 6.87. The van der Waals surface area contributed by atoms with E-state index in [4.69, 9.17) is 19.5 Å². The van der Waals surface area contributed by atoms with E-state index in [2.05, 4.69) is 36.3 Å². The molecule has 0 aromatic heterocycles. The summed E-state index contributed by atoms with van der Waals surface area (Å²) in [5.74, 6) is 6.70. The lowest BCUT2D eigenvalue weighted by molar-refractivity contribution is -0.126. The molecule has 0 bridgehead atoms. The van der Waals surface area contributed by atoms with E-state index in [1.54, 1.807) is 24.3 Å². The van der Waals surface area contributed by atoms with E-state index < -0.39 is 5.44 Å². The van der Waals surface area contributed by atoms with Gasteiger partial charge in [0.15, 0.2) is 5.44 Å². The number of nitriles is 1. The fraction of sp³-hybridized carbons (Fsp3) is 0.560. The summed E-state index contributed by atoms with van der Waals surface area (Å²) in [6.07, 6.45) is 0.910. The number of nitrogens with zero attached hydrogens (tertiary/aromatic N) is 1. The highest BCUT2D eigenvalue weighted by Crippen LogP contribution is 2.17. The van der Waals surface area contributed by atoms with Crippen LogP contribution in [0.5, 0.6) is 5.75 Å². The van der Waals surface area contributed by atoms with Crippen molar-refractivity contribution < 1.29 is 23.8 Å². The van der Waals surface area contributed by atoms with Crippen molar-refractivity contribution in [1.82, 2.24) is 10.6 Å². The third kappa shape index (κ3) is 14.4. The molecule has 0 spiro atoms. The fourth-order valence-corrected chi connectivity index (χ4v) is 2.91. The van der Waals surface area contributed by atoms with Gasteiger partial charge in [-0.3, -0.25) is 9.59 Å². The maximum absolute atomic E-state index is 12.3. The van der Waals surface area contributed by atoms with Crippen molar-refractivity contribution in [2.24, 2.45) is 11.8 Å². The molecule has 2 N–H and O–H groups in total. The van der Waals surface area contributed by atoms with Gasteiger partial charge in [-0.2, -0.15) is 5.26 Å². The molecule has 9 heteroatoms. The maximum atomic E-state index is 12.3. The van der Waals surface area contributed by atoms with Gasteiger partial charge < -0.3 is 24.8 Å². The van der Waals surface area contributed by atoms with Crippen LogP contribution >= 0.6 is 11.8 Å². The van der Waals surface area contributed by atoms with Gasteiger partial charge in [-0.05, 0) is 42.3 Å². The lowest BCUT2D eigenvalue weighted by Crippen LogP contribution is -2.29. The van der Waals surface area contributed by atoms with E-state index in [0.29, 0.717) is 23.8 Å². The standard InChI is InChI=1S/C25H35N3O5S/c1-19(2)7-6-11-27-23(29)16-31-13-14-32-24(34-18-26)17-33-22-9-5-8-21(15-22)25(30)28-12-10-20(3)4/h5,8-9,15,19-20,24H,10-14,16-17H2,1-4H3,(H,27,29)(H,28,30). The molecule has 1 aromatic carbocycles. The van der Waals surface area contributed by atoms with E-state index >= 15 is 0 Å². The van der Waals surface area contributed by atoms with Crippen LogP contribution in [0.2, 0.25) is 0 Å². The molecule has 0 aliphatic rings. The van der Waals surface area contributed by atoms with Crippen LogP contribution in [-0.2, 0) is 14.3 Å². The minimum atomic E-state index is -0.544. The second-order valence-corrected chi connectivity index (χ2v) is 9.04. The van der Waals surface area contributed by atoms with E-state index in [9.17, 15) is 9.59 Å². The number of thioether (sulfide) groups is 1. The first kappa shape index (κ1) is 29.3. The first-order valence-electron chi connectivity index (χ1n) is 11.3. The van der Waals surface area contributed by atoms with Crippen LogP contribution in [-0.4, -0.2) is 56.8 Å². The van der Waals surface area contributed by atoms with Crippen molar-refractivity contribution in [3.63, 3.8) is 0 Å². The zero-order valence-corrected chi connectivity index (χ0v) is 21.2. The van der Waals surface area contributed by atoms with Gasteiger partial charge in [0.05, 0.1) is 19.8 Å². The predicted octanol–water partition coefficient (Wildman–Crippen LogP) is 3.19. The summed E-state index contributed by atoms with van der Waals surface area (Å²) < 4.78 is 16.6. The number of rotatable bonds is 15. The Kier molecular flexibility index (Phi) is 15.3. The number of carbonyl (C=O) groups excluding carboxylic acids is 2. The highest BCUT2D eigenvalue weighted by atomic mass is 32.2. The number of ether oxygens (including phenoxy) is 3. The van der Waals surface area contributed by atoms with Gasteiger partial charge in [0.1, 0.15) is 24.4 Å². The second-order valence-electron chi connectivity index (χ2n) is 8.09. The highest BCUT2D eigenvalue weighted by molar-refractivity contribution is 8.04. The van der Waals surface area contributed by atoms with Crippen molar-refractivity contribution in [2.45, 2.75) is 39.6 Å². The highest BCUT2D eigenvalue weighted by Gasteiger charge is 2.13. The van der Waals surface area contributed by atoms with Crippen LogP contribution in [0, 0.1) is 34.3 Å². The summed E-state index contributed by atoms with van der Waals surface area (Å²) >= 11 is 0.929. The van der Waals surface area contributed by atoms with Gasteiger partial charge in [0.25, 0.3) is 5.91 Å². The third-order valence-electron chi connectivity index (χ3n) is 4.20. The van der Waals surface area contributed by atoms with E-state index in [0.717, 1.165) is 18.2 Å². The fourth-order valence-electron chi connectivity index (χ4n) is 2.50. The summed E-state index contributed by atoms with van der Waals surface area (Å²) in [7, 11) is 0. The Morgan fingerprint density at radius 3 is 2.65 bits per heavy atom. The second kappa shape index (κ2) is 17.7.